The summed E-state index contributed by atoms with van der Waals surface area (Å²) in [6, 6.07) is 20.7. The molecule has 0 heterocycles. The lowest BCUT2D eigenvalue weighted by Crippen LogP contribution is -2.18. The molecule has 3 aromatic carbocycles. The first-order chi connectivity index (χ1) is 18.8. The van der Waals surface area contributed by atoms with Gasteiger partial charge in [-0.3, -0.25) is 4.79 Å². The van der Waals surface area contributed by atoms with E-state index in [1.165, 1.54) is 0 Å². The normalized spacial score (nSPS) is 11.9. The first-order valence-corrected chi connectivity index (χ1v) is 13.2. The average molecular weight is 525 g/mol. The zero-order valence-corrected chi connectivity index (χ0v) is 22.2. The van der Waals surface area contributed by atoms with Gasteiger partial charge in [0.25, 0.3) is 0 Å². The van der Waals surface area contributed by atoms with Crippen LogP contribution in [0.3, 0.4) is 0 Å². The molecule has 206 valence electrons. The van der Waals surface area contributed by atoms with E-state index >= 15 is 0 Å². The van der Waals surface area contributed by atoms with E-state index in [0.717, 1.165) is 46.0 Å². The van der Waals surface area contributed by atoms with Crippen LogP contribution in [-0.4, -0.2) is 72.4 Å². The number of ether oxygens (including phenoxy) is 5. The smallest absolute Gasteiger partial charge is 0.207 e. The summed E-state index contributed by atoms with van der Waals surface area (Å²) in [7, 11) is 0. The molecule has 0 radical (unpaired) electrons. The van der Waals surface area contributed by atoms with Crippen LogP contribution in [0.25, 0.3) is 21.9 Å². The number of carbonyl (C=O) groups excluding carboxylic acids is 1. The van der Waals surface area contributed by atoms with Gasteiger partial charge in [-0.2, -0.15) is 0 Å². The predicted octanol–water partition coefficient (Wildman–Crippen LogP) is 4.11. The van der Waals surface area contributed by atoms with E-state index in [1.807, 2.05) is 18.2 Å². The highest BCUT2D eigenvalue weighted by atomic mass is 16.6. The van der Waals surface area contributed by atoms with Crippen molar-refractivity contribution in [2.24, 2.45) is 5.73 Å². The number of rotatable bonds is 20. The monoisotopic (exact) mass is 524 g/mol. The lowest BCUT2D eigenvalue weighted by molar-refractivity contribution is -0.110. The van der Waals surface area contributed by atoms with E-state index in [9.17, 15) is 4.79 Å². The number of nitrogens with one attached hydrogen (secondary N) is 1. The summed E-state index contributed by atoms with van der Waals surface area (Å²) in [6.07, 6.45) is 1.60. The molecule has 0 saturated heterocycles. The summed E-state index contributed by atoms with van der Waals surface area (Å²) in [4.78, 5) is 10.9. The van der Waals surface area contributed by atoms with Crippen LogP contribution in [0, 0.1) is 0 Å². The third-order valence-corrected chi connectivity index (χ3v) is 6.05. The van der Waals surface area contributed by atoms with E-state index in [-0.39, 0.29) is 6.04 Å². The molecule has 0 saturated carbocycles. The Hall–Kier alpha value is -3.01. The fraction of sp³-hybridized carbons (Fsp3) is 0.433. The van der Waals surface area contributed by atoms with Gasteiger partial charge in [-0.05, 0) is 34.6 Å². The van der Waals surface area contributed by atoms with Gasteiger partial charge >= 0.3 is 0 Å². The van der Waals surface area contributed by atoms with Gasteiger partial charge in [-0.15, -0.1) is 0 Å². The topological polar surface area (TPSA) is 101 Å². The first-order valence-electron chi connectivity index (χ1n) is 13.2. The molecule has 1 amide bonds. The summed E-state index contributed by atoms with van der Waals surface area (Å²) < 4.78 is 27.8. The molecule has 0 aliphatic heterocycles. The predicted molar refractivity (Wildman–Crippen MR) is 149 cm³/mol. The Morgan fingerprint density at radius 1 is 0.737 bits per heavy atom. The summed E-state index contributed by atoms with van der Waals surface area (Å²) in [5.74, 6) is 0.828. The van der Waals surface area contributed by atoms with E-state index in [1.54, 1.807) is 0 Å². The molecule has 0 aliphatic rings. The summed E-state index contributed by atoms with van der Waals surface area (Å²) >= 11 is 0. The third-order valence-electron chi connectivity index (χ3n) is 6.05. The highest BCUT2D eigenvalue weighted by Gasteiger charge is 2.11. The lowest BCUT2D eigenvalue weighted by atomic mass is 9.95. The van der Waals surface area contributed by atoms with Crippen molar-refractivity contribution in [1.82, 2.24) is 5.32 Å². The molecule has 0 spiro atoms. The Morgan fingerprint density at radius 2 is 1.32 bits per heavy atom. The second kappa shape index (κ2) is 17.5. The zero-order valence-electron chi connectivity index (χ0n) is 22.2. The summed E-state index contributed by atoms with van der Waals surface area (Å²) in [5, 5.41) is 5.05. The van der Waals surface area contributed by atoms with Crippen LogP contribution in [0.15, 0.2) is 60.7 Å². The minimum Gasteiger partial charge on any atom is -0.491 e. The molecule has 38 heavy (non-hydrogen) atoms. The quantitative estimate of drug-likeness (QED) is 0.169. The Labute approximate surface area is 225 Å². The molecule has 1 atom stereocenters. The van der Waals surface area contributed by atoms with Gasteiger partial charge in [0.1, 0.15) is 12.4 Å². The molecule has 0 aliphatic carbocycles. The Balaban J connectivity index is 1.43. The van der Waals surface area contributed by atoms with Crippen molar-refractivity contribution in [3.05, 3.63) is 66.2 Å². The van der Waals surface area contributed by atoms with Crippen LogP contribution in [0.5, 0.6) is 5.75 Å². The van der Waals surface area contributed by atoms with E-state index < -0.39 is 0 Å². The van der Waals surface area contributed by atoms with Gasteiger partial charge in [-0.1, -0.05) is 61.5 Å². The summed E-state index contributed by atoms with van der Waals surface area (Å²) in [6.45, 7) is 7.20. The second-order valence-corrected chi connectivity index (χ2v) is 8.61. The molecule has 0 aromatic heterocycles. The SMILES string of the molecule is CCC(NC=O)c1ccc(-c2ccc(OCCOCCOCCOCCOCCN)c3ccccc23)cc1. The minimum atomic E-state index is 0.0223. The van der Waals surface area contributed by atoms with E-state index in [4.69, 9.17) is 29.4 Å². The van der Waals surface area contributed by atoms with Crippen LogP contribution in [0.2, 0.25) is 0 Å². The Morgan fingerprint density at radius 3 is 1.89 bits per heavy atom. The number of amides is 1. The largest absolute Gasteiger partial charge is 0.491 e. The highest BCUT2D eigenvalue weighted by Crippen LogP contribution is 2.35. The van der Waals surface area contributed by atoms with Crippen LogP contribution in [-0.2, 0) is 23.7 Å². The number of hydrogen-bond acceptors (Lipinski definition) is 7. The Bertz CT molecular complexity index is 1080. The van der Waals surface area contributed by atoms with E-state index in [2.05, 4.69) is 54.7 Å². The van der Waals surface area contributed by atoms with Gasteiger partial charge in [0.15, 0.2) is 0 Å². The van der Waals surface area contributed by atoms with Gasteiger partial charge in [-0.25, -0.2) is 0 Å². The van der Waals surface area contributed by atoms with E-state index in [0.29, 0.717) is 66.0 Å². The van der Waals surface area contributed by atoms with Crippen molar-refractivity contribution in [2.75, 3.05) is 66.0 Å². The van der Waals surface area contributed by atoms with Crippen molar-refractivity contribution in [3.8, 4) is 16.9 Å². The average Bonchev–Trinajstić information content (AvgIpc) is 2.96. The lowest BCUT2D eigenvalue weighted by Gasteiger charge is -2.16. The Kier molecular flexibility index (Phi) is 13.6. The van der Waals surface area contributed by atoms with Gasteiger partial charge in [0.2, 0.25) is 6.41 Å². The number of benzene rings is 3. The van der Waals surface area contributed by atoms with Gasteiger partial charge in [0.05, 0.1) is 58.9 Å². The number of nitrogens with two attached hydrogens (primary N) is 1. The molecular weight excluding hydrogens is 484 g/mol. The highest BCUT2D eigenvalue weighted by molar-refractivity contribution is 6.00. The van der Waals surface area contributed by atoms with Crippen molar-refractivity contribution < 1.29 is 28.5 Å². The maximum absolute atomic E-state index is 10.9. The molecule has 3 aromatic rings. The third kappa shape index (κ3) is 9.38. The standard InChI is InChI=1S/C30H40N2O6/c1-2-29(32-23-33)25-9-7-24(8-10-25)26-11-12-30(28-6-4-3-5-27(26)28)38-22-21-37-20-19-36-18-17-35-16-15-34-14-13-31/h3-12,23,29H,2,13-22,31H2,1H3,(H,32,33). The molecule has 0 fully saturated rings. The second-order valence-electron chi connectivity index (χ2n) is 8.61. The van der Waals surface area contributed by atoms with Crippen molar-refractivity contribution in [3.63, 3.8) is 0 Å². The van der Waals surface area contributed by atoms with Crippen molar-refractivity contribution >= 4 is 17.2 Å². The number of fused-ring (bicyclic) bond motifs is 1. The fourth-order valence-electron chi connectivity index (χ4n) is 4.13. The molecule has 3 rings (SSSR count). The molecule has 3 N–H and O–H groups in total. The zero-order chi connectivity index (χ0) is 26.8. The maximum Gasteiger partial charge on any atom is 0.207 e. The minimum absolute atomic E-state index is 0.0223. The molecule has 1 unspecified atom stereocenters. The summed E-state index contributed by atoms with van der Waals surface area (Å²) in [5.41, 5.74) is 8.70. The fourth-order valence-corrected chi connectivity index (χ4v) is 4.13. The van der Waals surface area contributed by atoms with Crippen LogP contribution in [0.4, 0.5) is 0 Å². The van der Waals surface area contributed by atoms with Gasteiger partial charge in [0, 0.05) is 11.9 Å². The molecule has 8 heteroatoms. The van der Waals surface area contributed by atoms with Crippen LogP contribution < -0.4 is 15.8 Å². The van der Waals surface area contributed by atoms with Crippen LogP contribution in [0.1, 0.15) is 24.9 Å². The number of carbonyl (C=O) groups is 1. The van der Waals surface area contributed by atoms with Crippen LogP contribution >= 0.6 is 0 Å². The maximum atomic E-state index is 10.9. The van der Waals surface area contributed by atoms with Gasteiger partial charge < -0.3 is 34.7 Å². The molecule has 0 bridgehead atoms. The van der Waals surface area contributed by atoms with Crippen molar-refractivity contribution in [2.45, 2.75) is 19.4 Å². The molecule has 8 nitrogen and oxygen atoms in total. The molecular formula is C30H40N2O6. The van der Waals surface area contributed by atoms with Crippen molar-refractivity contribution in [1.29, 1.82) is 0 Å². The first kappa shape index (κ1) is 29.5. The number of hydrogen-bond donors (Lipinski definition) is 2.